The van der Waals surface area contributed by atoms with Gasteiger partial charge in [-0.05, 0) is 31.1 Å². The van der Waals surface area contributed by atoms with E-state index in [1.54, 1.807) is 7.11 Å². The average Bonchev–Trinajstić information content (AvgIpc) is 3.15. The number of ether oxygens (including phenoxy) is 1. The third kappa shape index (κ3) is 3.55. The molecule has 2 heterocycles. The van der Waals surface area contributed by atoms with Crippen LogP contribution in [0.25, 0.3) is 0 Å². The van der Waals surface area contributed by atoms with Gasteiger partial charge in [0.25, 0.3) is 0 Å². The second-order valence-electron chi connectivity index (χ2n) is 6.34. The molecule has 0 unspecified atom stereocenters. The zero-order valence-electron chi connectivity index (χ0n) is 12.9. The molecule has 1 saturated carbocycles. The summed E-state index contributed by atoms with van der Waals surface area (Å²) >= 11 is 0. The van der Waals surface area contributed by atoms with Gasteiger partial charge in [-0.1, -0.05) is 17.9 Å². The topological polar surface area (TPSA) is 63.4 Å². The van der Waals surface area contributed by atoms with E-state index in [1.165, 1.54) is 38.5 Å². The molecule has 1 aromatic heterocycles. The third-order valence-corrected chi connectivity index (χ3v) is 4.97. The van der Waals surface area contributed by atoms with Crippen LogP contribution in [0.1, 0.15) is 44.4 Å². The maximum atomic E-state index is 5.75. The molecule has 0 amide bonds. The zero-order valence-corrected chi connectivity index (χ0v) is 12.9. The van der Waals surface area contributed by atoms with Gasteiger partial charge in [-0.2, -0.15) is 0 Å². The first-order chi connectivity index (χ1) is 10.3. The van der Waals surface area contributed by atoms with E-state index in [4.69, 9.17) is 9.15 Å². The number of aromatic nitrogens is 2. The average molecular weight is 294 g/mol. The number of anilines is 1. The summed E-state index contributed by atoms with van der Waals surface area (Å²) in [6, 6.07) is 0.686. The van der Waals surface area contributed by atoms with Crippen LogP contribution >= 0.6 is 0 Å². The molecule has 0 radical (unpaired) electrons. The first kappa shape index (κ1) is 14.8. The van der Waals surface area contributed by atoms with Gasteiger partial charge in [-0.3, -0.25) is 0 Å². The van der Waals surface area contributed by atoms with Crippen molar-refractivity contribution < 1.29 is 9.15 Å². The van der Waals surface area contributed by atoms with Crippen LogP contribution in [0.15, 0.2) is 4.42 Å². The third-order valence-electron chi connectivity index (χ3n) is 4.97. The van der Waals surface area contributed by atoms with E-state index >= 15 is 0 Å². The van der Waals surface area contributed by atoms with Crippen LogP contribution in [0.2, 0.25) is 0 Å². The molecule has 1 aromatic rings. The fraction of sp³-hybridized carbons (Fsp3) is 0.867. The van der Waals surface area contributed by atoms with Crippen molar-refractivity contribution in [2.75, 3.05) is 38.3 Å². The normalized spacial score (nSPS) is 21.3. The lowest BCUT2D eigenvalue weighted by atomic mass is 9.77. The van der Waals surface area contributed by atoms with Crippen LogP contribution in [0.4, 0.5) is 6.01 Å². The fourth-order valence-corrected chi connectivity index (χ4v) is 3.61. The lowest BCUT2D eigenvalue weighted by Crippen LogP contribution is -2.39. The van der Waals surface area contributed by atoms with Crippen molar-refractivity contribution in [1.82, 2.24) is 15.5 Å². The van der Waals surface area contributed by atoms with Gasteiger partial charge in [0.2, 0.25) is 5.89 Å². The molecule has 2 aliphatic rings. The predicted octanol–water partition coefficient (Wildman–Crippen LogP) is 1.97. The summed E-state index contributed by atoms with van der Waals surface area (Å²) < 4.78 is 10.7. The van der Waals surface area contributed by atoms with Gasteiger partial charge in [0, 0.05) is 26.7 Å². The van der Waals surface area contributed by atoms with E-state index in [0.717, 1.165) is 19.6 Å². The summed E-state index contributed by atoms with van der Waals surface area (Å²) in [5.74, 6) is 0.655. The van der Waals surface area contributed by atoms with Crippen LogP contribution in [-0.2, 0) is 11.3 Å². The van der Waals surface area contributed by atoms with Crippen molar-refractivity contribution >= 4 is 6.01 Å². The smallest absolute Gasteiger partial charge is 0.318 e. The molecular formula is C15H26N4O2. The van der Waals surface area contributed by atoms with E-state index in [0.29, 0.717) is 30.5 Å². The highest BCUT2D eigenvalue weighted by Gasteiger charge is 2.37. The second kappa shape index (κ2) is 6.75. The molecule has 1 aliphatic carbocycles. The molecule has 1 aliphatic heterocycles. The molecule has 118 valence electrons. The Morgan fingerprint density at radius 3 is 2.67 bits per heavy atom. The van der Waals surface area contributed by atoms with Gasteiger partial charge in [0.15, 0.2) is 0 Å². The van der Waals surface area contributed by atoms with Crippen molar-refractivity contribution in [2.24, 2.45) is 5.41 Å². The molecule has 6 heteroatoms. The predicted molar refractivity (Wildman–Crippen MR) is 80.2 cm³/mol. The van der Waals surface area contributed by atoms with Crippen molar-refractivity contribution in [3.63, 3.8) is 0 Å². The highest BCUT2D eigenvalue weighted by atomic mass is 16.5. The first-order valence-electron chi connectivity index (χ1n) is 8.08. The van der Waals surface area contributed by atoms with Crippen LogP contribution in [0, 0.1) is 5.41 Å². The minimum atomic E-state index is 0.605. The molecule has 21 heavy (non-hydrogen) atoms. The van der Waals surface area contributed by atoms with Gasteiger partial charge in [-0.25, -0.2) is 0 Å². The van der Waals surface area contributed by atoms with Gasteiger partial charge < -0.3 is 19.4 Å². The highest BCUT2D eigenvalue weighted by molar-refractivity contribution is 5.25. The number of nitrogens with zero attached hydrogens (tertiary/aromatic N) is 3. The van der Waals surface area contributed by atoms with Crippen molar-refractivity contribution in [1.29, 1.82) is 0 Å². The van der Waals surface area contributed by atoms with Crippen LogP contribution in [0.3, 0.4) is 0 Å². The van der Waals surface area contributed by atoms with Gasteiger partial charge >= 0.3 is 6.01 Å². The standard InChI is InChI=1S/C15H26N4O2/c1-20-11-8-16-12-13-17-18-14(21-13)19-9-6-15(7-10-19)4-2-3-5-15/h16H,2-12H2,1H3. The summed E-state index contributed by atoms with van der Waals surface area (Å²) in [6.07, 6.45) is 8.21. The largest absolute Gasteiger partial charge is 0.407 e. The summed E-state index contributed by atoms with van der Waals surface area (Å²) in [5.41, 5.74) is 0.626. The molecule has 3 rings (SSSR count). The maximum absolute atomic E-state index is 5.75. The lowest BCUT2D eigenvalue weighted by Gasteiger charge is -2.38. The van der Waals surface area contributed by atoms with Gasteiger partial charge in [0.05, 0.1) is 13.2 Å². The Hall–Kier alpha value is -1.14. The maximum Gasteiger partial charge on any atom is 0.318 e. The van der Waals surface area contributed by atoms with Crippen molar-refractivity contribution in [3.8, 4) is 0 Å². The zero-order chi connectivity index (χ0) is 14.5. The minimum absolute atomic E-state index is 0.605. The van der Waals surface area contributed by atoms with Crippen LogP contribution in [0.5, 0.6) is 0 Å². The molecule has 1 spiro atoms. The molecule has 0 aromatic carbocycles. The second-order valence-corrected chi connectivity index (χ2v) is 6.34. The Bertz CT molecular complexity index is 433. The van der Waals surface area contributed by atoms with Crippen LogP contribution < -0.4 is 10.2 Å². The number of rotatable bonds is 6. The number of hydrogen-bond acceptors (Lipinski definition) is 6. The molecule has 0 atom stereocenters. The van der Waals surface area contributed by atoms with Crippen molar-refractivity contribution in [3.05, 3.63) is 5.89 Å². The summed E-state index contributed by atoms with van der Waals surface area (Å²) in [5, 5.41) is 11.5. The van der Waals surface area contributed by atoms with Gasteiger partial charge in [0.1, 0.15) is 0 Å². The number of methoxy groups -OCH3 is 1. The van der Waals surface area contributed by atoms with E-state index in [1.807, 2.05) is 0 Å². The molecule has 6 nitrogen and oxygen atoms in total. The molecule has 2 fully saturated rings. The van der Waals surface area contributed by atoms with E-state index in [9.17, 15) is 0 Å². The SMILES string of the molecule is COCCNCc1nnc(N2CCC3(CCCC3)CC2)o1. The van der Waals surface area contributed by atoms with E-state index in [-0.39, 0.29) is 0 Å². The monoisotopic (exact) mass is 294 g/mol. The quantitative estimate of drug-likeness (QED) is 0.809. The Morgan fingerprint density at radius 2 is 1.95 bits per heavy atom. The Kier molecular flexibility index (Phi) is 4.75. The molecular weight excluding hydrogens is 268 g/mol. The Balaban J connectivity index is 1.48. The minimum Gasteiger partial charge on any atom is -0.407 e. The molecule has 0 bridgehead atoms. The molecule has 1 N–H and O–H groups in total. The Labute approximate surface area is 126 Å². The lowest BCUT2D eigenvalue weighted by molar-refractivity contribution is 0.198. The number of hydrogen-bond donors (Lipinski definition) is 1. The van der Waals surface area contributed by atoms with Gasteiger partial charge in [-0.15, -0.1) is 5.10 Å². The summed E-state index contributed by atoms with van der Waals surface area (Å²) in [7, 11) is 1.69. The number of nitrogens with one attached hydrogen (secondary N) is 1. The van der Waals surface area contributed by atoms with E-state index < -0.39 is 0 Å². The first-order valence-corrected chi connectivity index (χ1v) is 8.08. The fourth-order valence-electron chi connectivity index (χ4n) is 3.61. The van der Waals surface area contributed by atoms with Crippen molar-refractivity contribution in [2.45, 2.75) is 45.1 Å². The Morgan fingerprint density at radius 1 is 1.19 bits per heavy atom. The number of piperidine rings is 1. The summed E-state index contributed by atoms with van der Waals surface area (Å²) in [4.78, 5) is 2.25. The highest BCUT2D eigenvalue weighted by Crippen LogP contribution is 2.46. The summed E-state index contributed by atoms with van der Waals surface area (Å²) in [6.45, 7) is 4.20. The van der Waals surface area contributed by atoms with Crippen LogP contribution in [-0.4, -0.2) is 43.5 Å². The molecule has 1 saturated heterocycles. The van der Waals surface area contributed by atoms with E-state index in [2.05, 4.69) is 20.4 Å².